The van der Waals surface area contributed by atoms with Gasteiger partial charge in [0.2, 0.25) is 0 Å². The standard InChI is InChI=1S/C18H23N3O4/c1-14-11-15(19-25-14)12-20-7-9-21(10-8-20)18(22)13-24-17-6-4-3-5-16(17)23-2/h3-6,11H,7-10,12-13H2,1-2H3. The van der Waals surface area contributed by atoms with E-state index >= 15 is 0 Å². The van der Waals surface area contributed by atoms with Gasteiger partial charge in [0, 0.05) is 38.8 Å². The third kappa shape index (κ3) is 4.51. The second kappa shape index (κ2) is 8.02. The molecule has 134 valence electrons. The van der Waals surface area contributed by atoms with E-state index < -0.39 is 0 Å². The Labute approximate surface area is 147 Å². The van der Waals surface area contributed by atoms with Crippen LogP contribution in [0.1, 0.15) is 11.5 Å². The Morgan fingerprint density at radius 3 is 2.56 bits per heavy atom. The number of ether oxygens (including phenoxy) is 2. The Morgan fingerprint density at radius 2 is 1.92 bits per heavy atom. The van der Waals surface area contributed by atoms with Gasteiger partial charge in [0.1, 0.15) is 5.76 Å². The molecule has 7 nitrogen and oxygen atoms in total. The predicted molar refractivity (Wildman–Crippen MR) is 91.6 cm³/mol. The third-order valence-electron chi connectivity index (χ3n) is 4.21. The Hall–Kier alpha value is -2.54. The zero-order chi connectivity index (χ0) is 17.6. The van der Waals surface area contributed by atoms with Gasteiger partial charge in [-0.05, 0) is 19.1 Å². The van der Waals surface area contributed by atoms with E-state index in [1.165, 1.54) is 0 Å². The van der Waals surface area contributed by atoms with Crippen molar-refractivity contribution in [2.45, 2.75) is 13.5 Å². The first-order valence-corrected chi connectivity index (χ1v) is 8.34. The number of nitrogens with zero attached hydrogens (tertiary/aromatic N) is 3. The molecule has 1 aliphatic rings. The van der Waals surface area contributed by atoms with Crippen molar-refractivity contribution in [1.82, 2.24) is 15.0 Å². The van der Waals surface area contributed by atoms with Crippen LogP contribution < -0.4 is 9.47 Å². The van der Waals surface area contributed by atoms with Crippen LogP contribution in [0, 0.1) is 6.92 Å². The molecule has 1 saturated heterocycles. The summed E-state index contributed by atoms with van der Waals surface area (Å²) in [5.41, 5.74) is 0.928. The van der Waals surface area contributed by atoms with Crippen LogP contribution in [0.4, 0.5) is 0 Å². The lowest BCUT2D eigenvalue weighted by molar-refractivity contribution is -0.135. The minimum atomic E-state index is -0.0113. The van der Waals surface area contributed by atoms with Gasteiger partial charge in [-0.3, -0.25) is 9.69 Å². The monoisotopic (exact) mass is 345 g/mol. The maximum absolute atomic E-state index is 12.4. The quantitative estimate of drug-likeness (QED) is 0.794. The molecule has 0 atom stereocenters. The lowest BCUT2D eigenvalue weighted by Gasteiger charge is -2.34. The number of hydrogen-bond donors (Lipinski definition) is 0. The molecule has 1 amide bonds. The summed E-state index contributed by atoms with van der Waals surface area (Å²) in [7, 11) is 1.58. The Morgan fingerprint density at radius 1 is 1.20 bits per heavy atom. The zero-order valence-corrected chi connectivity index (χ0v) is 14.6. The van der Waals surface area contributed by atoms with E-state index in [0.29, 0.717) is 24.6 Å². The van der Waals surface area contributed by atoms with Crippen LogP contribution in [-0.4, -0.2) is 60.8 Å². The number of para-hydroxylation sites is 2. The van der Waals surface area contributed by atoms with E-state index in [9.17, 15) is 4.79 Å². The summed E-state index contributed by atoms with van der Waals surface area (Å²) in [5, 5.41) is 4.01. The van der Waals surface area contributed by atoms with Gasteiger partial charge < -0.3 is 18.9 Å². The first kappa shape index (κ1) is 17.3. The van der Waals surface area contributed by atoms with Gasteiger partial charge in [-0.25, -0.2) is 0 Å². The molecule has 0 saturated carbocycles. The maximum atomic E-state index is 12.4. The molecule has 0 aliphatic carbocycles. The number of rotatable bonds is 6. The highest BCUT2D eigenvalue weighted by Gasteiger charge is 2.22. The number of carbonyl (C=O) groups is 1. The molecule has 0 spiro atoms. The number of hydrogen-bond acceptors (Lipinski definition) is 6. The highest BCUT2D eigenvalue weighted by Crippen LogP contribution is 2.25. The van der Waals surface area contributed by atoms with Crippen LogP contribution in [0.3, 0.4) is 0 Å². The van der Waals surface area contributed by atoms with Crippen molar-refractivity contribution in [2.75, 3.05) is 39.9 Å². The van der Waals surface area contributed by atoms with E-state index in [-0.39, 0.29) is 12.5 Å². The van der Waals surface area contributed by atoms with E-state index in [1.807, 2.05) is 36.1 Å². The minimum Gasteiger partial charge on any atom is -0.493 e. The molecule has 25 heavy (non-hydrogen) atoms. The van der Waals surface area contributed by atoms with Crippen molar-refractivity contribution in [3.8, 4) is 11.5 Å². The number of carbonyl (C=O) groups excluding carboxylic acids is 1. The summed E-state index contributed by atoms with van der Waals surface area (Å²) >= 11 is 0. The summed E-state index contributed by atoms with van der Waals surface area (Å²) in [6, 6.07) is 9.27. The zero-order valence-electron chi connectivity index (χ0n) is 14.6. The second-order valence-electron chi connectivity index (χ2n) is 6.03. The molecule has 0 radical (unpaired) electrons. The number of aromatic nitrogens is 1. The molecule has 7 heteroatoms. The van der Waals surface area contributed by atoms with Gasteiger partial charge in [0.05, 0.1) is 12.8 Å². The van der Waals surface area contributed by atoms with E-state index in [1.54, 1.807) is 13.2 Å². The predicted octanol–water partition coefficient (Wildman–Crippen LogP) is 1.71. The van der Waals surface area contributed by atoms with Crippen molar-refractivity contribution in [1.29, 1.82) is 0 Å². The smallest absolute Gasteiger partial charge is 0.260 e. The van der Waals surface area contributed by atoms with Crippen LogP contribution >= 0.6 is 0 Å². The van der Waals surface area contributed by atoms with Crippen LogP contribution in [0.15, 0.2) is 34.9 Å². The molecule has 0 unspecified atom stereocenters. The van der Waals surface area contributed by atoms with Crippen molar-refractivity contribution in [3.05, 3.63) is 41.8 Å². The largest absolute Gasteiger partial charge is 0.493 e. The molecule has 2 aromatic rings. The van der Waals surface area contributed by atoms with Gasteiger partial charge in [-0.1, -0.05) is 17.3 Å². The minimum absolute atomic E-state index is 0.0113. The van der Waals surface area contributed by atoms with Crippen LogP contribution in [0.2, 0.25) is 0 Å². The van der Waals surface area contributed by atoms with Crippen molar-refractivity contribution < 1.29 is 18.8 Å². The average Bonchev–Trinajstić information content (AvgIpc) is 3.05. The summed E-state index contributed by atoms with van der Waals surface area (Å²) in [4.78, 5) is 16.5. The highest BCUT2D eigenvalue weighted by molar-refractivity contribution is 5.78. The fourth-order valence-corrected chi connectivity index (χ4v) is 2.85. The molecule has 1 aromatic heterocycles. The Bertz CT molecular complexity index is 708. The summed E-state index contributed by atoms with van der Waals surface area (Å²) in [6.07, 6.45) is 0. The number of benzene rings is 1. The normalized spacial score (nSPS) is 15.2. The number of methoxy groups -OCH3 is 1. The van der Waals surface area contributed by atoms with E-state index in [4.69, 9.17) is 14.0 Å². The van der Waals surface area contributed by atoms with Gasteiger partial charge in [-0.15, -0.1) is 0 Å². The highest BCUT2D eigenvalue weighted by atomic mass is 16.5. The van der Waals surface area contributed by atoms with Crippen LogP contribution in [0.5, 0.6) is 11.5 Å². The number of aryl methyl sites for hydroxylation is 1. The summed E-state index contributed by atoms with van der Waals surface area (Å²) in [6.45, 7) is 5.64. The topological polar surface area (TPSA) is 68.0 Å². The molecular formula is C18H23N3O4. The molecule has 1 fully saturated rings. The Balaban J connectivity index is 1.45. The lowest BCUT2D eigenvalue weighted by Crippen LogP contribution is -2.49. The summed E-state index contributed by atoms with van der Waals surface area (Å²) in [5.74, 6) is 2.02. The third-order valence-corrected chi connectivity index (χ3v) is 4.21. The Kier molecular flexibility index (Phi) is 5.55. The van der Waals surface area contributed by atoms with Crippen molar-refractivity contribution in [3.63, 3.8) is 0 Å². The maximum Gasteiger partial charge on any atom is 0.260 e. The first-order valence-electron chi connectivity index (χ1n) is 8.34. The van der Waals surface area contributed by atoms with Gasteiger partial charge in [0.15, 0.2) is 18.1 Å². The SMILES string of the molecule is COc1ccccc1OCC(=O)N1CCN(Cc2cc(C)on2)CC1. The van der Waals surface area contributed by atoms with Gasteiger partial charge in [0.25, 0.3) is 5.91 Å². The molecule has 0 N–H and O–H groups in total. The molecule has 2 heterocycles. The molecule has 3 rings (SSSR count). The molecule has 1 aromatic carbocycles. The van der Waals surface area contributed by atoms with E-state index in [0.717, 1.165) is 31.1 Å². The van der Waals surface area contributed by atoms with Crippen LogP contribution in [0.25, 0.3) is 0 Å². The molecular weight excluding hydrogens is 322 g/mol. The fraction of sp³-hybridized carbons (Fsp3) is 0.444. The second-order valence-corrected chi connectivity index (χ2v) is 6.03. The fourth-order valence-electron chi connectivity index (χ4n) is 2.85. The first-order chi connectivity index (χ1) is 12.2. The number of amides is 1. The van der Waals surface area contributed by atoms with Gasteiger partial charge in [-0.2, -0.15) is 0 Å². The number of piperazine rings is 1. The summed E-state index contributed by atoms with van der Waals surface area (Å²) < 4.78 is 15.9. The molecule has 1 aliphatic heterocycles. The van der Waals surface area contributed by atoms with Crippen LogP contribution in [-0.2, 0) is 11.3 Å². The van der Waals surface area contributed by atoms with Crippen molar-refractivity contribution >= 4 is 5.91 Å². The molecule has 0 bridgehead atoms. The lowest BCUT2D eigenvalue weighted by atomic mass is 10.2. The average molecular weight is 345 g/mol. The van der Waals surface area contributed by atoms with E-state index in [2.05, 4.69) is 10.1 Å². The van der Waals surface area contributed by atoms with Gasteiger partial charge >= 0.3 is 0 Å². The van der Waals surface area contributed by atoms with Crippen molar-refractivity contribution in [2.24, 2.45) is 0 Å².